The van der Waals surface area contributed by atoms with Gasteiger partial charge in [0.25, 0.3) is 6.69 Å². The summed E-state index contributed by atoms with van der Waals surface area (Å²) in [6.07, 6.45) is 0. The second-order valence-corrected chi connectivity index (χ2v) is 2.31. The highest BCUT2D eigenvalue weighted by Gasteiger charge is 2.24. The van der Waals surface area contributed by atoms with Gasteiger partial charge in [0.2, 0.25) is 0 Å². The highest BCUT2D eigenvalue weighted by atomic mass is 35.5. The van der Waals surface area contributed by atoms with Crippen LogP contribution in [0.2, 0.25) is 0 Å². The van der Waals surface area contributed by atoms with Crippen LogP contribution in [0.1, 0.15) is 0 Å². The van der Waals surface area contributed by atoms with Gasteiger partial charge in [-0.05, 0) is 0 Å². The molecule has 0 amide bonds. The van der Waals surface area contributed by atoms with Crippen LogP contribution in [0.4, 0.5) is 22.0 Å². The molecule has 0 unspecified atom stereocenters. The lowest BCUT2D eigenvalue weighted by molar-refractivity contribution is 0.384. The molecule has 0 N–H and O–H groups in total. The Labute approximate surface area is 75.5 Å². The SMILES string of the molecule is Fc1c(F)c(F)c([B]Cl)c(F)c1F. The van der Waals surface area contributed by atoms with Crippen molar-refractivity contribution in [3.63, 3.8) is 0 Å². The predicted octanol–water partition coefficient (Wildman–Crippen LogP) is 1.87. The topological polar surface area (TPSA) is 0 Å². The molecule has 1 radical (unpaired) electrons. The fraction of sp³-hybridized carbons (Fsp3) is 0. The average molecular weight is 213 g/mol. The standard InChI is InChI=1S/C6BClF5/c8-7-1-2(9)4(11)6(13)5(12)3(1)10. The molecule has 7 heteroatoms. The average Bonchev–Trinajstić information content (AvgIpc) is 2.13. The maximum Gasteiger partial charge on any atom is 0.283 e. The molecule has 69 valence electrons. The van der Waals surface area contributed by atoms with Gasteiger partial charge in [0, 0.05) is 5.46 Å². The maximum atomic E-state index is 12.6. The van der Waals surface area contributed by atoms with Gasteiger partial charge in [0.05, 0.1) is 0 Å². The van der Waals surface area contributed by atoms with Crippen molar-refractivity contribution in [3.8, 4) is 0 Å². The summed E-state index contributed by atoms with van der Waals surface area (Å²) in [5.74, 6) is -10.1. The smallest absolute Gasteiger partial charge is 0.204 e. The Balaban J connectivity index is 3.56. The molecule has 0 aromatic heterocycles. The molecule has 1 rings (SSSR count). The molecular weight excluding hydrogens is 213 g/mol. The fourth-order valence-electron chi connectivity index (χ4n) is 0.718. The van der Waals surface area contributed by atoms with Crippen molar-refractivity contribution in [2.75, 3.05) is 0 Å². The van der Waals surface area contributed by atoms with E-state index in [0.29, 0.717) is 0 Å². The third-order valence-electron chi connectivity index (χ3n) is 1.35. The predicted molar refractivity (Wildman–Crippen MR) is 37.5 cm³/mol. The van der Waals surface area contributed by atoms with Crippen LogP contribution in [0.3, 0.4) is 0 Å². The number of benzene rings is 1. The Bertz CT molecular complexity index is 324. The first-order valence-electron chi connectivity index (χ1n) is 2.95. The number of rotatable bonds is 1. The minimum Gasteiger partial charge on any atom is -0.204 e. The van der Waals surface area contributed by atoms with Crippen molar-refractivity contribution in [1.29, 1.82) is 0 Å². The molecule has 0 heterocycles. The summed E-state index contributed by atoms with van der Waals surface area (Å²) < 4.78 is 62.2. The van der Waals surface area contributed by atoms with Crippen molar-refractivity contribution in [3.05, 3.63) is 29.1 Å². The second-order valence-electron chi connectivity index (χ2n) is 2.09. The summed E-state index contributed by atoms with van der Waals surface area (Å²) in [5.41, 5.74) is -1.14. The van der Waals surface area contributed by atoms with Crippen LogP contribution >= 0.6 is 11.5 Å². The number of hydrogen-bond donors (Lipinski definition) is 0. The van der Waals surface area contributed by atoms with Gasteiger partial charge in [0.1, 0.15) is 0 Å². The van der Waals surface area contributed by atoms with E-state index in [9.17, 15) is 22.0 Å². The minimum atomic E-state index is -2.20. The van der Waals surface area contributed by atoms with E-state index in [-0.39, 0.29) is 6.69 Å². The van der Waals surface area contributed by atoms with Crippen molar-refractivity contribution >= 4 is 23.6 Å². The summed E-state index contributed by atoms with van der Waals surface area (Å²) in [5, 5.41) is 0. The third-order valence-corrected chi connectivity index (χ3v) is 1.57. The Kier molecular flexibility index (Phi) is 2.80. The quantitative estimate of drug-likeness (QED) is 0.289. The van der Waals surface area contributed by atoms with Gasteiger partial charge in [-0.25, -0.2) is 22.0 Å². The van der Waals surface area contributed by atoms with Crippen LogP contribution in [0, 0.1) is 29.1 Å². The summed E-state index contributed by atoms with van der Waals surface area (Å²) >= 11 is 4.87. The second kappa shape index (κ2) is 3.53. The number of halogens is 6. The Morgan fingerprint density at radius 1 is 0.692 bits per heavy atom. The van der Waals surface area contributed by atoms with E-state index < -0.39 is 34.5 Å². The largest absolute Gasteiger partial charge is 0.283 e. The van der Waals surface area contributed by atoms with Crippen LogP contribution in [0.5, 0.6) is 0 Å². The molecule has 0 aliphatic rings. The van der Waals surface area contributed by atoms with E-state index in [0.717, 1.165) is 0 Å². The Morgan fingerprint density at radius 3 is 1.31 bits per heavy atom. The number of hydrogen-bond acceptors (Lipinski definition) is 0. The van der Waals surface area contributed by atoms with Crippen LogP contribution in [-0.2, 0) is 0 Å². The fourth-order valence-corrected chi connectivity index (χ4v) is 0.909. The molecule has 0 atom stereocenters. The van der Waals surface area contributed by atoms with Gasteiger partial charge in [-0.3, -0.25) is 0 Å². The normalized spacial score (nSPS) is 10.3. The molecular formula is C6BClF5. The van der Waals surface area contributed by atoms with E-state index in [4.69, 9.17) is 11.5 Å². The van der Waals surface area contributed by atoms with E-state index in [2.05, 4.69) is 0 Å². The van der Waals surface area contributed by atoms with Crippen molar-refractivity contribution in [1.82, 2.24) is 0 Å². The Morgan fingerprint density at radius 2 is 1.00 bits per heavy atom. The zero-order valence-electron chi connectivity index (χ0n) is 5.85. The van der Waals surface area contributed by atoms with Crippen molar-refractivity contribution in [2.24, 2.45) is 0 Å². The van der Waals surface area contributed by atoms with Gasteiger partial charge in [-0.15, -0.1) is 0 Å². The zero-order valence-corrected chi connectivity index (χ0v) is 6.60. The van der Waals surface area contributed by atoms with Crippen LogP contribution < -0.4 is 5.46 Å². The lowest BCUT2D eigenvalue weighted by Crippen LogP contribution is -2.24. The summed E-state index contributed by atoms with van der Waals surface area (Å²) in [7, 11) is 0. The highest BCUT2D eigenvalue weighted by molar-refractivity contribution is 7.01. The Hall–Kier alpha value is -0.775. The molecule has 0 bridgehead atoms. The van der Waals surface area contributed by atoms with Gasteiger partial charge >= 0.3 is 0 Å². The van der Waals surface area contributed by atoms with Crippen molar-refractivity contribution < 1.29 is 22.0 Å². The van der Waals surface area contributed by atoms with Gasteiger partial charge in [-0.1, -0.05) is 0 Å². The van der Waals surface area contributed by atoms with Crippen LogP contribution in [-0.4, -0.2) is 6.69 Å². The van der Waals surface area contributed by atoms with Gasteiger partial charge < -0.3 is 0 Å². The monoisotopic (exact) mass is 213 g/mol. The van der Waals surface area contributed by atoms with E-state index in [1.54, 1.807) is 0 Å². The lowest BCUT2D eigenvalue weighted by atomic mass is 9.92. The summed E-state index contributed by atoms with van der Waals surface area (Å²) in [4.78, 5) is 0. The minimum absolute atomic E-state index is 0.288. The molecule has 0 aliphatic heterocycles. The molecule has 0 aliphatic carbocycles. The first-order chi connectivity index (χ1) is 6.00. The van der Waals surface area contributed by atoms with E-state index in [1.807, 2.05) is 0 Å². The van der Waals surface area contributed by atoms with E-state index in [1.165, 1.54) is 0 Å². The molecule has 1 aromatic carbocycles. The molecule has 13 heavy (non-hydrogen) atoms. The molecule has 1 aromatic rings. The molecule has 0 saturated heterocycles. The third kappa shape index (κ3) is 1.50. The zero-order chi connectivity index (χ0) is 10.2. The molecule has 0 fully saturated rings. The molecule has 0 nitrogen and oxygen atoms in total. The first-order valence-corrected chi connectivity index (χ1v) is 3.39. The van der Waals surface area contributed by atoms with E-state index >= 15 is 0 Å². The maximum absolute atomic E-state index is 12.6. The van der Waals surface area contributed by atoms with Crippen molar-refractivity contribution in [2.45, 2.75) is 0 Å². The summed E-state index contributed by atoms with van der Waals surface area (Å²) in [6.45, 7) is 0.288. The molecule has 0 spiro atoms. The lowest BCUT2D eigenvalue weighted by Gasteiger charge is -2.03. The van der Waals surface area contributed by atoms with Crippen LogP contribution in [0.15, 0.2) is 0 Å². The molecule has 0 saturated carbocycles. The highest BCUT2D eigenvalue weighted by Crippen LogP contribution is 2.15. The van der Waals surface area contributed by atoms with Gasteiger partial charge in [0.15, 0.2) is 29.1 Å². The summed E-state index contributed by atoms with van der Waals surface area (Å²) in [6, 6.07) is 0. The van der Waals surface area contributed by atoms with Crippen LogP contribution in [0.25, 0.3) is 0 Å². The first kappa shape index (κ1) is 10.3. The van der Waals surface area contributed by atoms with Gasteiger partial charge in [-0.2, -0.15) is 11.5 Å².